The Morgan fingerprint density at radius 1 is 1.00 bits per heavy atom. The highest BCUT2D eigenvalue weighted by molar-refractivity contribution is 5.91. The molecule has 0 radical (unpaired) electrons. The molecule has 11 nitrogen and oxygen atoms in total. The SMILES string of the molecule is O=C(O)c1cc2ccc(OC3O[C@H](C(=O)O)[C@@H](O)[C@H](O)[C@H]3O)cc2oc1=O. The van der Waals surface area contributed by atoms with Crippen molar-refractivity contribution in [2.45, 2.75) is 30.7 Å². The molecule has 3 rings (SSSR count). The molecule has 1 fully saturated rings. The van der Waals surface area contributed by atoms with Crippen molar-refractivity contribution in [1.82, 2.24) is 0 Å². The Hall–Kier alpha value is -2.99. The zero-order valence-electron chi connectivity index (χ0n) is 13.4. The second-order valence-corrected chi connectivity index (χ2v) is 5.81. The third-order valence-corrected chi connectivity index (χ3v) is 4.00. The number of aliphatic hydroxyl groups excluding tert-OH is 3. The molecule has 5 N–H and O–H groups in total. The van der Waals surface area contributed by atoms with E-state index in [1.807, 2.05) is 0 Å². The Bertz CT molecular complexity index is 949. The van der Waals surface area contributed by atoms with E-state index in [4.69, 9.17) is 24.1 Å². The minimum atomic E-state index is -1.86. The average Bonchev–Trinajstić information content (AvgIpc) is 2.61. The molecule has 5 atom stereocenters. The summed E-state index contributed by atoms with van der Waals surface area (Å²) in [5, 5.41) is 47.5. The van der Waals surface area contributed by atoms with E-state index in [2.05, 4.69) is 0 Å². The lowest BCUT2D eigenvalue weighted by Gasteiger charge is -2.38. The van der Waals surface area contributed by atoms with Crippen molar-refractivity contribution in [3.05, 3.63) is 40.2 Å². The van der Waals surface area contributed by atoms with Crippen LogP contribution >= 0.6 is 0 Å². The fourth-order valence-corrected chi connectivity index (χ4v) is 2.60. The van der Waals surface area contributed by atoms with Crippen molar-refractivity contribution in [1.29, 1.82) is 0 Å². The van der Waals surface area contributed by atoms with Gasteiger partial charge in [0.1, 0.15) is 35.2 Å². The predicted molar refractivity (Wildman–Crippen MR) is 84.4 cm³/mol. The normalized spacial score (nSPS) is 28.0. The highest BCUT2D eigenvalue weighted by atomic mass is 16.7. The molecule has 0 amide bonds. The third kappa shape index (κ3) is 3.48. The number of carbonyl (C=O) groups is 2. The first-order valence-electron chi connectivity index (χ1n) is 7.59. The number of benzene rings is 1. The fourth-order valence-electron chi connectivity index (χ4n) is 2.60. The Kier molecular flexibility index (Phi) is 4.85. The maximum Gasteiger partial charge on any atom is 0.351 e. The van der Waals surface area contributed by atoms with Crippen LogP contribution in [-0.4, -0.2) is 68.2 Å². The molecule has 1 saturated heterocycles. The standard InChI is InChI=1S/C16H14O11/c17-9-10(18)12(14(22)23)27-16(11(9)19)25-6-2-1-5-3-7(13(20)21)15(24)26-8(5)4-6/h1-4,9-12,16-19H,(H,20,21)(H,22,23)/t9-,10-,11+,12-,16?/m0/s1. The average molecular weight is 382 g/mol. The second kappa shape index (κ2) is 6.96. The Morgan fingerprint density at radius 3 is 2.33 bits per heavy atom. The van der Waals surface area contributed by atoms with Gasteiger partial charge in [-0.05, 0) is 18.2 Å². The molecule has 144 valence electrons. The van der Waals surface area contributed by atoms with Gasteiger partial charge >= 0.3 is 17.6 Å². The van der Waals surface area contributed by atoms with E-state index in [0.29, 0.717) is 0 Å². The summed E-state index contributed by atoms with van der Waals surface area (Å²) in [5.74, 6) is -3.03. The van der Waals surface area contributed by atoms with E-state index in [-0.39, 0.29) is 16.7 Å². The van der Waals surface area contributed by atoms with E-state index in [9.17, 15) is 29.7 Å². The summed E-state index contributed by atoms with van der Waals surface area (Å²) in [7, 11) is 0. The molecule has 27 heavy (non-hydrogen) atoms. The molecule has 1 aromatic heterocycles. The smallest absolute Gasteiger partial charge is 0.351 e. The molecule has 0 saturated carbocycles. The van der Waals surface area contributed by atoms with Crippen LogP contribution < -0.4 is 10.4 Å². The van der Waals surface area contributed by atoms with Gasteiger partial charge in [-0.15, -0.1) is 0 Å². The fraction of sp³-hybridized carbons (Fsp3) is 0.312. The first kappa shape index (κ1) is 18.8. The Labute approximate surface area is 149 Å². The second-order valence-electron chi connectivity index (χ2n) is 5.81. The van der Waals surface area contributed by atoms with Crippen LogP contribution in [0.15, 0.2) is 33.5 Å². The first-order valence-corrected chi connectivity index (χ1v) is 7.59. The molecule has 1 aliphatic heterocycles. The highest BCUT2D eigenvalue weighted by Crippen LogP contribution is 2.27. The zero-order valence-corrected chi connectivity index (χ0v) is 13.4. The van der Waals surface area contributed by atoms with Crippen LogP contribution in [0.5, 0.6) is 5.75 Å². The largest absolute Gasteiger partial charge is 0.479 e. The summed E-state index contributed by atoms with van der Waals surface area (Å²) in [5.41, 5.74) is -1.66. The number of hydrogen-bond donors (Lipinski definition) is 5. The van der Waals surface area contributed by atoms with Gasteiger partial charge in [-0.3, -0.25) is 0 Å². The molecular formula is C16H14O11. The zero-order chi connectivity index (χ0) is 19.9. The molecule has 1 unspecified atom stereocenters. The Balaban J connectivity index is 1.89. The lowest BCUT2D eigenvalue weighted by Crippen LogP contribution is -2.61. The molecule has 2 heterocycles. The van der Waals surface area contributed by atoms with Crippen molar-refractivity contribution < 1.29 is 49.0 Å². The van der Waals surface area contributed by atoms with Gasteiger partial charge in [0.05, 0.1) is 0 Å². The van der Waals surface area contributed by atoms with Crippen LogP contribution in [0, 0.1) is 0 Å². The highest BCUT2D eigenvalue weighted by Gasteiger charge is 2.48. The maximum atomic E-state index is 11.6. The van der Waals surface area contributed by atoms with Gasteiger partial charge in [0.25, 0.3) is 0 Å². The topological polar surface area (TPSA) is 184 Å². The number of hydrogen-bond acceptors (Lipinski definition) is 9. The van der Waals surface area contributed by atoms with Crippen molar-refractivity contribution in [2.24, 2.45) is 0 Å². The van der Waals surface area contributed by atoms with Gasteiger partial charge in [-0.1, -0.05) is 0 Å². The number of fused-ring (bicyclic) bond motifs is 1. The van der Waals surface area contributed by atoms with E-state index in [1.165, 1.54) is 18.2 Å². The van der Waals surface area contributed by atoms with Crippen LogP contribution in [0.25, 0.3) is 11.0 Å². The van der Waals surface area contributed by atoms with Crippen molar-refractivity contribution in [3.63, 3.8) is 0 Å². The monoisotopic (exact) mass is 382 g/mol. The molecule has 0 aliphatic carbocycles. The van der Waals surface area contributed by atoms with Gasteiger partial charge in [0.2, 0.25) is 6.29 Å². The lowest BCUT2D eigenvalue weighted by atomic mass is 9.99. The van der Waals surface area contributed by atoms with E-state index in [1.54, 1.807) is 0 Å². The van der Waals surface area contributed by atoms with Crippen LogP contribution in [0.3, 0.4) is 0 Å². The van der Waals surface area contributed by atoms with Crippen molar-refractivity contribution >= 4 is 22.9 Å². The minimum absolute atomic E-state index is 0.0227. The lowest BCUT2D eigenvalue weighted by molar-refractivity contribution is -0.271. The quantitative estimate of drug-likeness (QED) is 0.399. The molecular weight excluding hydrogens is 368 g/mol. The van der Waals surface area contributed by atoms with Gasteiger partial charge in [-0.2, -0.15) is 0 Å². The molecule has 0 spiro atoms. The Morgan fingerprint density at radius 2 is 1.70 bits per heavy atom. The number of aliphatic hydroxyl groups is 3. The van der Waals surface area contributed by atoms with Gasteiger partial charge in [-0.25, -0.2) is 14.4 Å². The van der Waals surface area contributed by atoms with Crippen molar-refractivity contribution in [2.75, 3.05) is 0 Å². The molecule has 11 heteroatoms. The number of carboxylic acids is 2. The number of aliphatic carboxylic acids is 1. The summed E-state index contributed by atoms with van der Waals surface area (Å²) in [6.45, 7) is 0. The summed E-state index contributed by atoms with van der Waals surface area (Å²) in [4.78, 5) is 33.7. The third-order valence-electron chi connectivity index (χ3n) is 4.00. The van der Waals surface area contributed by atoms with E-state index in [0.717, 1.165) is 6.07 Å². The van der Waals surface area contributed by atoms with Gasteiger partial charge < -0.3 is 39.4 Å². The van der Waals surface area contributed by atoms with E-state index >= 15 is 0 Å². The van der Waals surface area contributed by atoms with Crippen LogP contribution in [-0.2, 0) is 9.53 Å². The molecule has 2 aromatic rings. The number of rotatable bonds is 4. The van der Waals surface area contributed by atoms with Crippen LogP contribution in [0.2, 0.25) is 0 Å². The maximum absolute atomic E-state index is 11.6. The summed E-state index contributed by atoms with van der Waals surface area (Å²) in [6.07, 6.45) is -8.91. The number of aromatic carboxylic acids is 1. The summed E-state index contributed by atoms with van der Waals surface area (Å²) < 4.78 is 15.2. The minimum Gasteiger partial charge on any atom is -0.479 e. The van der Waals surface area contributed by atoms with Crippen LogP contribution in [0.4, 0.5) is 0 Å². The molecule has 1 aliphatic rings. The molecule has 0 bridgehead atoms. The molecule has 1 aromatic carbocycles. The van der Waals surface area contributed by atoms with Gasteiger partial charge in [0.15, 0.2) is 6.10 Å². The van der Waals surface area contributed by atoms with Crippen molar-refractivity contribution in [3.8, 4) is 5.75 Å². The van der Waals surface area contributed by atoms with E-state index < -0.39 is 53.8 Å². The van der Waals surface area contributed by atoms with Crippen LogP contribution in [0.1, 0.15) is 10.4 Å². The summed E-state index contributed by atoms with van der Waals surface area (Å²) in [6, 6.07) is 5.01. The first-order chi connectivity index (χ1) is 12.7. The number of carboxylic acid groups (broad SMARTS) is 2. The number of ether oxygens (including phenoxy) is 2. The predicted octanol–water partition coefficient (Wildman–Crippen LogP) is -1.24. The van der Waals surface area contributed by atoms with Gasteiger partial charge in [0, 0.05) is 11.5 Å². The summed E-state index contributed by atoms with van der Waals surface area (Å²) >= 11 is 0.